The number of hydrogen-bond acceptors (Lipinski definition) is 6. The zero-order chi connectivity index (χ0) is 26.5. The van der Waals surface area contributed by atoms with E-state index in [4.69, 9.17) is 21.1 Å². The zero-order valence-electron chi connectivity index (χ0n) is 20.2. The van der Waals surface area contributed by atoms with Gasteiger partial charge in [-0.15, -0.1) is 0 Å². The van der Waals surface area contributed by atoms with Gasteiger partial charge in [0.1, 0.15) is 22.9 Å². The Labute approximate surface area is 215 Å². The highest BCUT2D eigenvalue weighted by atomic mass is 35.5. The van der Waals surface area contributed by atoms with Crippen molar-refractivity contribution in [3.63, 3.8) is 0 Å². The molecule has 0 aliphatic rings. The molecular weight excluding hydrogens is 506 g/mol. The second kappa shape index (κ2) is 11.3. The lowest BCUT2D eigenvalue weighted by Crippen LogP contribution is -2.38. The van der Waals surface area contributed by atoms with Crippen LogP contribution in [0.2, 0.25) is 5.02 Å². The fraction of sp³-hybridized carbons (Fsp3) is 0.200. The summed E-state index contributed by atoms with van der Waals surface area (Å²) >= 11 is 6.27. The largest absolute Gasteiger partial charge is 0.495 e. The number of nitrogens with zero attached hydrogens (tertiary/aromatic N) is 1. The maximum atomic E-state index is 13.8. The minimum Gasteiger partial charge on any atom is -0.495 e. The summed E-state index contributed by atoms with van der Waals surface area (Å²) in [5.41, 5.74) is 1.85. The topological polar surface area (TPSA) is 114 Å². The summed E-state index contributed by atoms with van der Waals surface area (Å²) in [6.07, 6.45) is 0. The van der Waals surface area contributed by atoms with E-state index in [1.54, 1.807) is 43.3 Å². The first-order chi connectivity index (χ1) is 17.0. The van der Waals surface area contributed by atoms with Gasteiger partial charge >= 0.3 is 0 Å². The lowest BCUT2D eigenvalue weighted by molar-refractivity contribution is -0.115. The van der Waals surface area contributed by atoms with Crippen molar-refractivity contribution < 1.29 is 27.5 Å². The SMILES string of the molecule is COc1ccc(N(CC(=O)Nc2ccc(NC(C)=O)cc2)S(=O)(=O)c2cc(C)ccc2OC)cc1Cl. The molecule has 0 heterocycles. The molecule has 0 radical (unpaired) electrons. The molecule has 0 spiro atoms. The van der Waals surface area contributed by atoms with E-state index < -0.39 is 22.5 Å². The zero-order valence-corrected chi connectivity index (χ0v) is 21.7. The molecule has 0 atom stereocenters. The molecule has 9 nitrogen and oxygen atoms in total. The normalized spacial score (nSPS) is 10.9. The van der Waals surface area contributed by atoms with Crippen molar-refractivity contribution in [1.82, 2.24) is 0 Å². The molecule has 0 unspecified atom stereocenters. The number of hydrogen-bond donors (Lipinski definition) is 2. The molecule has 0 fully saturated rings. The van der Waals surface area contributed by atoms with Crippen LogP contribution in [0.25, 0.3) is 0 Å². The van der Waals surface area contributed by atoms with Crippen molar-refractivity contribution in [1.29, 1.82) is 0 Å². The number of ether oxygens (including phenoxy) is 2. The quantitative estimate of drug-likeness (QED) is 0.421. The van der Waals surface area contributed by atoms with E-state index in [0.717, 1.165) is 4.31 Å². The Morgan fingerprint density at radius 3 is 2.03 bits per heavy atom. The minimum absolute atomic E-state index is 0.0931. The highest BCUT2D eigenvalue weighted by Gasteiger charge is 2.30. The third-order valence-electron chi connectivity index (χ3n) is 5.09. The van der Waals surface area contributed by atoms with Crippen LogP contribution in [0.5, 0.6) is 11.5 Å². The van der Waals surface area contributed by atoms with Gasteiger partial charge in [0.2, 0.25) is 11.8 Å². The van der Waals surface area contributed by atoms with E-state index in [1.807, 2.05) is 0 Å². The molecule has 0 saturated carbocycles. The van der Waals surface area contributed by atoms with E-state index >= 15 is 0 Å². The minimum atomic E-state index is -4.26. The number of sulfonamides is 1. The maximum Gasteiger partial charge on any atom is 0.268 e. The Bertz CT molecular complexity index is 1380. The maximum absolute atomic E-state index is 13.8. The number of carbonyl (C=O) groups is 2. The fourth-order valence-electron chi connectivity index (χ4n) is 3.40. The van der Waals surface area contributed by atoms with Crippen LogP contribution in [0.15, 0.2) is 65.6 Å². The summed E-state index contributed by atoms with van der Waals surface area (Å²) in [6, 6.07) is 15.6. The van der Waals surface area contributed by atoms with Gasteiger partial charge in [0, 0.05) is 18.3 Å². The van der Waals surface area contributed by atoms with Crippen molar-refractivity contribution >= 4 is 50.5 Å². The molecule has 0 saturated heterocycles. The molecule has 2 amide bonds. The predicted octanol–water partition coefficient (Wildman–Crippen LogP) is 4.46. The molecule has 0 bridgehead atoms. The van der Waals surface area contributed by atoms with E-state index in [9.17, 15) is 18.0 Å². The number of rotatable bonds is 9. The lowest BCUT2D eigenvalue weighted by Gasteiger charge is -2.25. The molecule has 3 aromatic rings. The summed E-state index contributed by atoms with van der Waals surface area (Å²) in [4.78, 5) is 24.1. The summed E-state index contributed by atoms with van der Waals surface area (Å²) in [6.45, 7) is 2.60. The predicted molar refractivity (Wildman–Crippen MR) is 140 cm³/mol. The smallest absolute Gasteiger partial charge is 0.268 e. The van der Waals surface area contributed by atoms with Crippen LogP contribution < -0.4 is 24.4 Å². The first-order valence-electron chi connectivity index (χ1n) is 10.7. The Morgan fingerprint density at radius 2 is 1.47 bits per heavy atom. The monoisotopic (exact) mass is 531 g/mol. The van der Waals surface area contributed by atoms with Gasteiger partial charge in [-0.05, 0) is 67.1 Å². The van der Waals surface area contributed by atoms with E-state index in [0.29, 0.717) is 22.7 Å². The van der Waals surface area contributed by atoms with Crippen LogP contribution in [-0.4, -0.2) is 41.0 Å². The van der Waals surface area contributed by atoms with Crippen LogP contribution in [0.4, 0.5) is 17.1 Å². The van der Waals surface area contributed by atoms with Crippen LogP contribution >= 0.6 is 11.6 Å². The second-order valence-electron chi connectivity index (χ2n) is 7.79. The highest BCUT2D eigenvalue weighted by molar-refractivity contribution is 7.93. The number of aryl methyl sites for hydroxylation is 1. The van der Waals surface area contributed by atoms with Gasteiger partial charge in [-0.25, -0.2) is 8.42 Å². The average molecular weight is 532 g/mol. The Kier molecular flexibility index (Phi) is 8.44. The van der Waals surface area contributed by atoms with Crippen molar-refractivity contribution in [2.75, 3.05) is 35.7 Å². The Hall–Kier alpha value is -3.76. The first-order valence-corrected chi connectivity index (χ1v) is 12.6. The van der Waals surface area contributed by atoms with Crippen LogP contribution in [0.1, 0.15) is 12.5 Å². The average Bonchev–Trinajstić information content (AvgIpc) is 2.83. The molecular formula is C25H26ClN3O6S. The summed E-state index contributed by atoms with van der Waals surface area (Å²) < 4.78 is 39.0. The Balaban J connectivity index is 1.98. The lowest BCUT2D eigenvalue weighted by atomic mass is 10.2. The molecule has 2 N–H and O–H groups in total. The number of carbonyl (C=O) groups excluding carboxylic acids is 2. The molecule has 3 rings (SSSR count). The van der Waals surface area contributed by atoms with Gasteiger partial charge < -0.3 is 20.1 Å². The molecule has 190 valence electrons. The summed E-state index contributed by atoms with van der Waals surface area (Å²) in [5, 5.41) is 5.49. The van der Waals surface area contributed by atoms with Crippen molar-refractivity contribution in [3.8, 4) is 11.5 Å². The van der Waals surface area contributed by atoms with E-state index in [-0.39, 0.29) is 27.3 Å². The first kappa shape index (κ1) is 26.8. The van der Waals surface area contributed by atoms with Gasteiger partial charge in [-0.2, -0.15) is 0 Å². The number of halogens is 1. The molecule has 0 aliphatic carbocycles. The van der Waals surface area contributed by atoms with Gasteiger partial charge in [-0.1, -0.05) is 17.7 Å². The molecule has 11 heteroatoms. The number of nitrogens with one attached hydrogen (secondary N) is 2. The van der Waals surface area contributed by atoms with E-state index in [1.165, 1.54) is 45.4 Å². The van der Waals surface area contributed by atoms with Gasteiger partial charge in [0.05, 0.1) is 24.9 Å². The molecule has 3 aromatic carbocycles. The third kappa shape index (κ3) is 6.27. The van der Waals surface area contributed by atoms with Crippen molar-refractivity contribution in [3.05, 3.63) is 71.2 Å². The van der Waals surface area contributed by atoms with Gasteiger partial charge in [0.25, 0.3) is 10.0 Å². The highest BCUT2D eigenvalue weighted by Crippen LogP contribution is 2.34. The number of methoxy groups -OCH3 is 2. The van der Waals surface area contributed by atoms with Crippen molar-refractivity contribution in [2.24, 2.45) is 0 Å². The second-order valence-corrected chi connectivity index (χ2v) is 10.0. The summed E-state index contributed by atoms with van der Waals surface area (Å²) in [7, 11) is -1.45. The van der Waals surface area contributed by atoms with Gasteiger partial charge in [-0.3, -0.25) is 13.9 Å². The third-order valence-corrected chi connectivity index (χ3v) is 7.18. The molecule has 0 aromatic heterocycles. The number of amides is 2. The summed E-state index contributed by atoms with van der Waals surface area (Å²) in [5.74, 6) is -0.324. The van der Waals surface area contributed by atoms with Gasteiger partial charge in [0.15, 0.2) is 0 Å². The van der Waals surface area contributed by atoms with Crippen LogP contribution in [0, 0.1) is 6.92 Å². The fourth-order valence-corrected chi connectivity index (χ4v) is 5.31. The van der Waals surface area contributed by atoms with E-state index in [2.05, 4.69) is 10.6 Å². The molecule has 0 aliphatic heterocycles. The Morgan fingerprint density at radius 1 is 0.889 bits per heavy atom. The van der Waals surface area contributed by atoms with Crippen molar-refractivity contribution in [2.45, 2.75) is 18.7 Å². The number of benzene rings is 3. The van der Waals surface area contributed by atoms with Crippen LogP contribution in [-0.2, 0) is 19.6 Å². The number of anilines is 3. The van der Waals surface area contributed by atoms with Crippen LogP contribution in [0.3, 0.4) is 0 Å². The standard InChI is InChI=1S/C25H26ClN3O6S/c1-16-5-11-23(35-4)24(13-16)36(32,33)29(20-10-12-22(34-3)21(26)14-20)15-25(31)28-19-8-6-18(7-9-19)27-17(2)30/h5-14H,15H2,1-4H3,(H,27,30)(H,28,31). The molecule has 36 heavy (non-hydrogen) atoms.